The molecule has 0 spiro atoms. The smallest absolute Gasteiger partial charge is 0.129 e. The second-order valence-corrected chi connectivity index (χ2v) is 12.7. The molecular weight excluding hydrogens is 624 g/mol. The highest BCUT2D eigenvalue weighted by molar-refractivity contribution is 8.00. The highest BCUT2D eigenvalue weighted by Gasteiger charge is 2.12. The Balaban J connectivity index is 0.000000283. The zero-order valence-corrected chi connectivity index (χ0v) is 31.3. The Morgan fingerprint density at radius 1 is 0.723 bits per heavy atom. The van der Waals surface area contributed by atoms with Crippen molar-refractivity contribution >= 4 is 23.4 Å². The maximum absolute atomic E-state index is 5.56. The highest BCUT2D eigenvalue weighted by atomic mass is 35.5. The summed E-state index contributed by atoms with van der Waals surface area (Å²) >= 11 is 7.70. The number of hydrogen-bond donors (Lipinski definition) is 0. The van der Waals surface area contributed by atoms with E-state index in [0.29, 0.717) is 11.3 Å². The monoisotopic (exact) mass is 680 g/mol. The van der Waals surface area contributed by atoms with Crippen molar-refractivity contribution in [3.8, 4) is 0 Å². The third-order valence-corrected chi connectivity index (χ3v) is 9.00. The molecule has 0 bridgehead atoms. The van der Waals surface area contributed by atoms with Crippen molar-refractivity contribution in [3.05, 3.63) is 107 Å². The summed E-state index contributed by atoms with van der Waals surface area (Å²) in [4.78, 5) is 23.7. The molecule has 0 saturated carbocycles. The predicted octanol–water partition coefficient (Wildman–Crippen LogP) is 9.94. The van der Waals surface area contributed by atoms with Crippen LogP contribution in [0, 0.1) is 13.8 Å². The van der Waals surface area contributed by atoms with E-state index in [2.05, 4.69) is 82.4 Å². The first-order valence-electron chi connectivity index (χ1n) is 17.1. The van der Waals surface area contributed by atoms with Crippen LogP contribution in [0.5, 0.6) is 0 Å². The van der Waals surface area contributed by atoms with Crippen molar-refractivity contribution in [2.24, 2.45) is 0 Å². The normalized spacial score (nSPS) is 15.8. The van der Waals surface area contributed by atoms with Gasteiger partial charge in [0.25, 0.3) is 0 Å². The summed E-state index contributed by atoms with van der Waals surface area (Å²) in [7, 11) is 0. The molecule has 2 saturated heterocycles. The number of nitrogens with zero attached hydrogens (tertiary/aromatic N) is 6. The summed E-state index contributed by atoms with van der Waals surface area (Å²) in [6, 6.07) is 9.74. The third kappa shape index (κ3) is 22.3. The van der Waals surface area contributed by atoms with Crippen LogP contribution in [0.4, 0.5) is 0 Å². The second-order valence-electron chi connectivity index (χ2n) is 10.9. The molecule has 2 aliphatic rings. The number of thioether (sulfide) groups is 1. The molecule has 4 aromatic rings. The van der Waals surface area contributed by atoms with Crippen molar-refractivity contribution in [2.75, 3.05) is 12.4 Å². The van der Waals surface area contributed by atoms with E-state index in [1.807, 2.05) is 32.2 Å². The quantitative estimate of drug-likeness (QED) is 0.193. The number of aromatic nitrogens is 6. The van der Waals surface area contributed by atoms with Crippen LogP contribution in [0.2, 0.25) is 5.15 Å². The zero-order chi connectivity index (χ0) is 34.5. The Morgan fingerprint density at radius 2 is 1.43 bits per heavy atom. The molecule has 2 atom stereocenters. The van der Waals surface area contributed by atoms with Gasteiger partial charge in [0, 0.05) is 60.9 Å². The Kier molecular flexibility index (Phi) is 25.2. The average molecular weight is 681 g/mol. The Bertz CT molecular complexity index is 1180. The van der Waals surface area contributed by atoms with Gasteiger partial charge in [0.05, 0.1) is 11.8 Å². The van der Waals surface area contributed by atoms with Crippen LogP contribution < -0.4 is 0 Å². The summed E-state index contributed by atoms with van der Waals surface area (Å²) in [6.45, 7) is 15.6. The van der Waals surface area contributed by atoms with E-state index in [9.17, 15) is 0 Å². The number of aryl methyl sites for hydroxylation is 5. The molecule has 6 rings (SSSR count). The van der Waals surface area contributed by atoms with Gasteiger partial charge in [-0.05, 0) is 107 Å². The lowest BCUT2D eigenvalue weighted by atomic mass is 10.2. The molecule has 2 aliphatic heterocycles. The van der Waals surface area contributed by atoms with Gasteiger partial charge in [-0.2, -0.15) is 11.8 Å². The van der Waals surface area contributed by atoms with E-state index in [-0.39, 0.29) is 0 Å². The molecule has 9 heteroatoms. The first-order chi connectivity index (χ1) is 22.8. The molecule has 47 heavy (non-hydrogen) atoms. The van der Waals surface area contributed by atoms with Crippen molar-refractivity contribution in [3.63, 3.8) is 0 Å². The summed E-state index contributed by atoms with van der Waals surface area (Å²) in [5, 5.41) is 1.58. The lowest BCUT2D eigenvalue weighted by Crippen LogP contribution is -2.00. The minimum absolute atomic E-state index is 0.562. The first kappa shape index (κ1) is 42.1. The van der Waals surface area contributed by atoms with Crippen molar-refractivity contribution in [1.29, 1.82) is 0 Å². The summed E-state index contributed by atoms with van der Waals surface area (Å²) in [5.74, 6) is 2.24. The van der Waals surface area contributed by atoms with Gasteiger partial charge in [-0.1, -0.05) is 58.4 Å². The SMILES string of the molecule is CCC1CCCO1.CCC1CCCS1.CCc1ccc(C)nc1.CCc1ccc(Cl)nc1.CCc1cnccn1.Cc1ncccn1. The molecule has 4 aromatic heterocycles. The maximum atomic E-state index is 5.56. The standard InChI is InChI=1S/C8H11N.C7H8ClN.C6H8N2.C6H12O.C6H12S.C5H6N2/c1-3-8-5-4-7(2)9-6-8;1-2-6-3-4-7(8)9-5-6;1-2-6-5-7-3-4-8-6;2*1-2-6-4-3-5-7-6;1-5-6-3-2-4-7-5/h4-6H,3H2,1-2H3;3-5H,2H2,1H3;3-5H,2H2,1H3;2*6H,2-5H2,1H3;2-4H,1H3. The van der Waals surface area contributed by atoms with Gasteiger partial charge in [0.1, 0.15) is 11.0 Å². The van der Waals surface area contributed by atoms with Gasteiger partial charge >= 0.3 is 0 Å². The van der Waals surface area contributed by atoms with Crippen molar-refractivity contribution in [1.82, 2.24) is 29.9 Å². The largest absolute Gasteiger partial charge is 0.378 e. The topological polar surface area (TPSA) is 86.6 Å². The van der Waals surface area contributed by atoms with Gasteiger partial charge in [0.15, 0.2) is 0 Å². The van der Waals surface area contributed by atoms with E-state index in [1.54, 1.807) is 49.3 Å². The number of halogens is 1. The molecule has 0 radical (unpaired) electrons. The molecule has 2 unspecified atom stereocenters. The Morgan fingerprint density at radius 3 is 1.77 bits per heavy atom. The van der Waals surface area contributed by atoms with Crippen LogP contribution in [-0.4, -0.2) is 53.6 Å². The Hall–Kier alpha value is -2.94. The van der Waals surface area contributed by atoms with Gasteiger partial charge in [-0.3, -0.25) is 15.0 Å². The van der Waals surface area contributed by atoms with Gasteiger partial charge in [0.2, 0.25) is 0 Å². The minimum atomic E-state index is 0.562. The second kappa shape index (κ2) is 28.1. The number of hydrogen-bond acceptors (Lipinski definition) is 8. The molecule has 2 fully saturated rings. The number of ether oxygens (including phenoxy) is 1. The van der Waals surface area contributed by atoms with Crippen LogP contribution in [0.15, 0.2) is 73.7 Å². The zero-order valence-electron chi connectivity index (χ0n) is 29.7. The molecular formula is C38H57ClN6OS. The molecule has 0 N–H and O–H groups in total. The summed E-state index contributed by atoms with van der Waals surface area (Å²) in [5.41, 5.74) is 4.67. The molecule has 6 heterocycles. The van der Waals surface area contributed by atoms with Gasteiger partial charge in [-0.25, -0.2) is 15.0 Å². The van der Waals surface area contributed by atoms with Crippen LogP contribution in [0.1, 0.15) is 101 Å². The maximum Gasteiger partial charge on any atom is 0.129 e. The molecule has 7 nitrogen and oxygen atoms in total. The molecule has 0 aromatic carbocycles. The van der Waals surface area contributed by atoms with E-state index in [1.165, 1.54) is 55.4 Å². The number of rotatable bonds is 5. The van der Waals surface area contributed by atoms with E-state index < -0.39 is 0 Å². The lowest BCUT2D eigenvalue weighted by Gasteiger charge is -2.01. The molecule has 0 amide bonds. The third-order valence-electron chi connectivity index (χ3n) is 7.21. The fourth-order valence-corrected chi connectivity index (χ4v) is 5.49. The van der Waals surface area contributed by atoms with Crippen LogP contribution >= 0.6 is 23.4 Å². The van der Waals surface area contributed by atoms with Crippen LogP contribution in [-0.2, 0) is 24.0 Å². The first-order valence-corrected chi connectivity index (χ1v) is 18.5. The summed E-state index contributed by atoms with van der Waals surface area (Å²) in [6.07, 6.45) is 24.1. The molecule has 0 aliphatic carbocycles. The van der Waals surface area contributed by atoms with Crippen molar-refractivity contribution in [2.45, 2.75) is 118 Å². The highest BCUT2D eigenvalue weighted by Crippen LogP contribution is 2.27. The van der Waals surface area contributed by atoms with Gasteiger partial charge in [-0.15, -0.1) is 0 Å². The van der Waals surface area contributed by atoms with E-state index >= 15 is 0 Å². The lowest BCUT2D eigenvalue weighted by molar-refractivity contribution is 0.108. The predicted molar refractivity (Wildman–Crippen MR) is 200 cm³/mol. The van der Waals surface area contributed by atoms with Gasteiger partial charge < -0.3 is 4.74 Å². The average Bonchev–Trinajstić information content (AvgIpc) is 3.87. The van der Waals surface area contributed by atoms with E-state index in [0.717, 1.165) is 48.3 Å². The van der Waals surface area contributed by atoms with Crippen molar-refractivity contribution < 1.29 is 4.74 Å². The molecule has 258 valence electrons. The summed E-state index contributed by atoms with van der Waals surface area (Å²) < 4.78 is 5.30. The Labute approximate surface area is 294 Å². The van der Waals surface area contributed by atoms with Crippen LogP contribution in [0.3, 0.4) is 0 Å². The fraction of sp³-hybridized carbons (Fsp3) is 0.526. The number of pyridine rings is 2. The van der Waals surface area contributed by atoms with Crippen LogP contribution in [0.25, 0.3) is 0 Å². The minimum Gasteiger partial charge on any atom is -0.378 e. The van der Waals surface area contributed by atoms with E-state index in [4.69, 9.17) is 16.3 Å². The fourth-order valence-electron chi connectivity index (χ4n) is 4.14.